The molecule has 0 spiro atoms. The Kier molecular flexibility index (Phi) is 6.49. The van der Waals surface area contributed by atoms with Crippen molar-refractivity contribution < 1.29 is 13.2 Å². The largest absolute Gasteiger partial charge is 0.337 e. The number of rotatable bonds is 5. The molecule has 1 N–H and O–H groups in total. The lowest BCUT2D eigenvalue weighted by atomic mass is 10.1. The summed E-state index contributed by atoms with van der Waals surface area (Å²) in [5.41, 5.74) is 2.50. The molecular weight excluding hydrogens is 374 g/mol. The average molecular weight is 402 g/mol. The van der Waals surface area contributed by atoms with Gasteiger partial charge in [-0.2, -0.15) is 0 Å². The van der Waals surface area contributed by atoms with Crippen molar-refractivity contribution >= 4 is 15.9 Å². The number of aryl methyl sites for hydroxylation is 1. The molecule has 1 saturated heterocycles. The topological polar surface area (TPSA) is 69.7 Å². The summed E-state index contributed by atoms with van der Waals surface area (Å²) in [6.07, 6.45) is 0.895. The molecule has 28 heavy (non-hydrogen) atoms. The van der Waals surface area contributed by atoms with E-state index in [1.807, 2.05) is 30.0 Å². The first kappa shape index (κ1) is 20.5. The third-order valence-electron chi connectivity index (χ3n) is 5.14. The molecule has 0 aliphatic carbocycles. The van der Waals surface area contributed by atoms with E-state index in [9.17, 15) is 13.2 Å². The molecule has 0 radical (unpaired) electrons. The summed E-state index contributed by atoms with van der Waals surface area (Å²) >= 11 is 0. The minimum absolute atomic E-state index is 0.104. The Balaban J connectivity index is 1.72. The molecule has 0 saturated carbocycles. The minimum atomic E-state index is -3.58. The maximum Gasteiger partial charge on any atom is 0.254 e. The predicted molar refractivity (Wildman–Crippen MR) is 110 cm³/mol. The summed E-state index contributed by atoms with van der Waals surface area (Å²) in [6, 6.07) is 15.0. The van der Waals surface area contributed by atoms with Crippen LogP contribution in [0.1, 0.15) is 27.9 Å². The fourth-order valence-electron chi connectivity index (χ4n) is 3.46. The van der Waals surface area contributed by atoms with E-state index in [1.165, 1.54) is 24.7 Å². The lowest BCUT2D eigenvalue weighted by molar-refractivity contribution is 0.0760. The van der Waals surface area contributed by atoms with Crippen molar-refractivity contribution in [1.82, 2.24) is 14.5 Å². The molecule has 1 heterocycles. The van der Waals surface area contributed by atoms with Crippen molar-refractivity contribution in [3.05, 3.63) is 65.2 Å². The van der Waals surface area contributed by atoms with Crippen molar-refractivity contribution in [2.75, 3.05) is 33.2 Å². The zero-order valence-corrected chi connectivity index (χ0v) is 17.2. The van der Waals surface area contributed by atoms with Gasteiger partial charge < -0.3 is 4.90 Å². The van der Waals surface area contributed by atoms with Gasteiger partial charge in [0.1, 0.15) is 0 Å². The number of hydrogen-bond donors (Lipinski definition) is 1. The van der Waals surface area contributed by atoms with Crippen LogP contribution in [0.2, 0.25) is 0 Å². The van der Waals surface area contributed by atoms with E-state index in [0.717, 1.165) is 31.6 Å². The average Bonchev–Trinajstić information content (AvgIpc) is 2.94. The summed E-state index contributed by atoms with van der Waals surface area (Å²) in [7, 11) is -2.21. The van der Waals surface area contributed by atoms with Gasteiger partial charge in [0.25, 0.3) is 5.91 Å². The molecular formula is C21H27N3O3S. The second-order valence-electron chi connectivity index (χ2n) is 7.09. The van der Waals surface area contributed by atoms with E-state index >= 15 is 0 Å². The van der Waals surface area contributed by atoms with Crippen molar-refractivity contribution in [2.45, 2.75) is 24.8 Å². The Bertz CT molecular complexity index is 929. The molecule has 1 amide bonds. The first-order valence-corrected chi connectivity index (χ1v) is 11.0. The number of sulfonamides is 1. The Morgan fingerprint density at radius 1 is 1.04 bits per heavy atom. The number of benzene rings is 2. The normalized spacial score (nSPS) is 16.0. The van der Waals surface area contributed by atoms with E-state index in [4.69, 9.17) is 0 Å². The third kappa shape index (κ3) is 4.79. The highest BCUT2D eigenvalue weighted by Crippen LogP contribution is 2.19. The quantitative estimate of drug-likeness (QED) is 0.834. The third-order valence-corrected chi connectivity index (χ3v) is 6.56. The SMILES string of the molecule is CNS(=O)(=O)c1ccc(C)c(C(=O)N2CCCN(Cc3ccccc3)CC2)c1. The van der Waals surface area contributed by atoms with Gasteiger partial charge in [-0.25, -0.2) is 13.1 Å². The number of nitrogens with one attached hydrogen (secondary N) is 1. The van der Waals surface area contributed by atoms with E-state index in [2.05, 4.69) is 21.8 Å². The van der Waals surface area contributed by atoms with Crippen molar-refractivity contribution in [1.29, 1.82) is 0 Å². The van der Waals surface area contributed by atoms with Crippen LogP contribution in [0.4, 0.5) is 0 Å². The maximum absolute atomic E-state index is 13.1. The summed E-state index contributed by atoms with van der Waals surface area (Å²) in [5, 5.41) is 0. The first-order chi connectivity index (χ1) is 13.4. The number of amides is 1. The molecule has 0 bridgehead atoms. The van der Waals surface area contributed by atoms with Crippen LogP contribution in [-0.2, 0) is 16.6 Å². The number of nitrogens with zero attached hydrogens (tertiary/aromatic N) is 2. The van der Waals surface area contributed by atoms with Crippen LogP contribution in [0.5, 0.6) is 0 Å². The van der Waals surface area contributed by atoms with Crippen LogP contribution >= 0.6 is 0 Å². The molecule has 2 aromatic rings. The van der Waals surface area contributed by atoms with E-state index in [-0.39, 0.29) is 10.8 Å². The maximum atomic E-state index is 13.1. The zero-order valence-electron chi connectivity index (χ0n) is 16.4. The Morgan fingerprint density at radius 2 is 1.79 bits per heavy atom. The molecule has 7 heteroatoms. The smallest absolute Gasteiger partial charge is 0.254 e. The van der Waals surface area contributed by atoms with Gasteiger partial charge in [-0.15, -0.1) is 0 Å². The molecule has 150 valence electrons. The summed E-state index contributed by atoms with van der Waals surface area (Å²) in [4.78, 5) is 17.4. The van der Waals surface area contributed by atoms with Gasteiger partial charge in [0.05, 0.1) is 4.90 Å². The lowest BCUT2D eigenvalue weighted by Gasteiger charge is -2.23. The first-order valence-electron chi connectivity index (χ1n) is 9.50. The molecule has 6 nitrogen and oxygen atoms in total. The Hall–Kier alpha value is -2.22. The molecule has 3 rings (SSSR count). The summed E-state index contributed by atoms with van der Waals surface area (Å²) < 4.78 is 26.5. The number of hydrogen-bond acceptors (Lipinski definition) is 4. The van der Waals surface area contributed by atoms with Crippen LogP contribution in [0, 0.1) is 6.92 Å². The van der Waals surface area contributed by atoms with Crippen molar-refractivity contribution in [2.24, 2.45) is 0 Å². The fraction of sp³-hybridized carbons (Fsp3) is 0.381. The fourth-order valence-corrected chi connectivity index (χ4v) is 4.22. The second kappa shape index (κ2) is 8.86. The summed E-state index contributed by atoms with van der Waals surface area (Å²) in [6.45, 7) is 5.75. The van der Waals surface area contributed by atoms with Crippen molar-refractivity contribution in [3.8, 4) is 0 Å². The monoisotopic (exact) mass is 401 g/mol. The second-order valence-corrected chi connectivity index (χ2v) is 8.98. The zero-order chi connectivity index (χ0) is 20.1. The van der Waals surface area contributed by atoms with Gasteiger partial charge in [0, 0.05) is 38.3 Å². The van der Waals surface area contributed by atoms with Crippen LogP contribution in [0.25, 0.3) is 0 Å². The van der Waals surface area contributed by atoms with E-state index in [0.29, 0.717) is 18.7 Å². The molecule has 2 aromatic carbocycles. The van der Waals surface area contributed by atoms with E-state index in [1.54, 1.807) is 6.07 Å². The Morgan fingerprint density at radius 3 is 2.50 bits per heavy atom. The van der Waals surface area contributed by atoms with Gasteiger partial charge in [-0.3, -0.25) is 9.69 Å². The highest BCUT2D eigenvalue weighted by atomic mass is 32.2. The number of carbonyl (C=O) groups is 1. The van der Waals surface area contributed by atoms with Crippen LogP contribution < -0.4 is 4.72 Å². The highest BCUT2D eigenvalue weighted by molar-refractivity contribution is 7.89. The van der Waals surface area contributed by atoms with Crippen molar-refractivity contribution in [3.63, 3.8) is 0 Å². The minimum Gasteiger partial charge on any atom is -0.337 e. The van der Waals surface area contributed by atoms with Crippen LogP contribution in [-0.4, -0.2) is 57.4 Å². The lowest BCUT2D eigenvalue weighted by Crippen LogP contribution is -2.35. The highest BCUT2D eigenvalue weighted by Gasteiger charge is 2.23. The van der Waals surface area contributed by atoms with Crippen LogP contribution in [0.15, 0.2) is 53.4 Å². The van der Waals surface area contributed by atoms with Gasteiger partial charge in [-0.05, 0) is 43.7 Å². The summed E-state index contributed by atoms with van der Waals surface area (Å²) in [5.74, 6) is -0.104. The van der Waals surface area contributed by atoms with Gasteiger partial charge in [0.2, 0.25) is 10.0 Å². The van der Waals surface area contributed by atoms with Gasteiger partial charge in [0.15, 0.2) is 0 Å². The van der Waals surface area contributed by atoms with E-state index < -0.39 is 10.0 Å². The molecule has 0 atom stereocenters. The molecule has 1 aliphatic heterocycles. The standard InChI is InChI=1S/C21H27N3O3S/c1-17-9-10-19(28(26,27)22-2)15-20(17)21(25)24-12-6-11-23(13-14-24)16-18-7-4-3-5-8-18/h3-5,7-10,15,22H,6,11-14,16H2,1-2H3. The predicted octanol–water partition coefficient (Wildman–Crippen LogP) is 2.25. The van der Waals surface area contributed by atoms with Crippen LogP contribution in [0.3, 0.4) is 0 Å². The van der Waals surface area contributed by atoms with Gasteiger partial charge in [-0.1, -0.05) is 36.4 Å². The van der Waals surface area contributed by atoms with Gasteiger partial charge >= 0.3 is 0 Å². The number of carbonyl (C=O) groups excluding carboxylic acids is 1. The molecule has 0 aromatic heterocycles. The Labute approximate surface area is 167 Å². The molecule has 0 unspecified atom stereocenters. The molecule has 1 aliphatic rings. The molecule has 1 fully saturated rings.